The van der Waals surface area contributed by atoms with Crippen LogP contribution in [-0.4, -0.2) is 53.9 Å². The molecule has 0 aliphatic rings. The molecule has 0 radical (unpaired) electrons. The van der Waals surface area contributed by atoms with Gasteiger partial charge in [-0.3, -0.25) is 14.7 Å². The summed E-state index contributed by atoms with van der Waals surface area (Å²) in [6.07, 6.45) is -2.95. The topological polar surface area (TPSA) is 118 Å². The molecule has 4 aromatic rings. The number of amides is 2. The van der Waals surface area contributed by atoms with Crippen LogP contribution in [0.4, 0.5) is 13.2 Å². The largest absolute Gasteiger partial charge is 0.484 e. The van der Waals surface area contributed by atoms with E-state index >= 15 is 0 Å². The molecule has 4 rings (SSSR count). The van der Waals surface area contributed by atoms with E-state index in [0.717, 1.165) is 0 Å². The third-order valence-electron chi connectivity index (χ3n) is 5.43. The molecule has 9 nitrogen and oxygen atoms in total. The Morgan fingerprint density at radius 1 is 1.05 bits per heavy atom. The minimum atomic E-state index is -4.49. The number of aromatic amines is 1. The zero-order valence-corrected chi connectivity index (χ0v) is 19.8. The van der Waals surface area contributed by atoms with Crippen molar-refractivity contribution in [2.45, 2.75) is 12.7 Å². The standard InChI is InChI=1S/C25H22F3N5O4/c1-29-23(35)21-17-8-7-14(10-19(17)32-33-21)16-9-18(24(36-2)31-12-16)22(34)30-11-15-5-3-4-6-20(15)37-13-25(26,27)28/h3-10,12H,11,13H2,1-2H3,(H,29,35)(H,30,34)(H,32,33). The van der Waals surface area contributed by atoms with Crippen LogP contribution in [-0.2, 0) is 6.54 Å². The van der Waals surface area contributed by atoms with Gasteiger partial charge in [-0.05, 0) is 29.8 Å². The Kier molecular flexibility index (Phi) is 7.27. The van der Waals surface area contributed by atoms with Crippen LogP contribution in [0, 0.1) is 0 Å². The number of para-hydroxylation sites is 1. The number of halogens is 3. The average molecular weight is 513 g/mol. The van der Waals surface area contributed by atoms with Gasteiger partial charge >= 0.3 is 6.18 Å². The van der Waals surface area contributed by atoms with Crippen LogP contribution in [0.2, 0.25) is 0 Å². The third kappa shape index (κ3) is 5.80. The Hall–Kier alpha value is -4.61. The normalized spacial score (nSPS) is 11.3. The fourth-order valence-corrected chi connectivity index (χ4v) is 3.65. The van der Waals surface area contributed by atoms with Crippen molar-refractivity contribution >= 4 is 22.7 Å². The number of methoxy groups -OCH3 is 1. The second kappa shape index (κ2) is 10.6. The van der Waals surface area contributed by atoms with Crippen molar-refractivity contribution in [1.82, 2.24) is 25.8 Å². The maximum Gasteiger partial charge on any atom is 0.422 e. The van der Waals surface area contributed by atoms with E-state index in [2.05, 4.69) is 25.8 Å². The van der Waals surface area contributed by atoms with Gasteiger partial charge in [0, 0.05) is 36.3 Å². The van der Waals surface area contributed by atoms with Crippen LogP contribution in [0.5, 0.6) is 11.6 Å². The Balaban J connectivity index is 1.56. The molecule has 2 aromatic carbocycles. The molecular weight excluding hydrogens is 491 g/mol. The number of benzene rings is 2. The lowest BCUT2D eigenvalue weighted by Gasteiger charge is -2.14. The van der Waals surface area contributed by atoms with Crippen molar-refractivity contribution in [1.29, 1.82) is 0 Å². The zero-order chi connectivity index (χ0) is 26.6. The highest BCUT2D eigenvalue weighted by atomic mass is 19.4. The van der Waals surface area contributed by atoms with Gasteiger partial charge in [-0.1, -0.05) is 24.3 Å². The highest BCUT2D eigenvalue weighted by Gasteiger charge is 2.28. The Labute approximate surface area is 209 Å². The summed E-state index contributed by atoms with van der Waals surface area (Å²) in [6.45, 7) is -1.52. The molecule has 0 unspecified atom stereocenters. The number of rotatable bonds is 8. The van der Waals surface area contributed by atoms with Gasteiger partial charge in [0.2, 0.25) is 5.88 Å². The molecule has 37 heavy (non-hydrogen) atoms. The van der Waals surface area contributed by atoms with E-state index in [9.17, 15) is 22.8 Å². The Morgan fingerprint density at radius 2 is 1.84 bits per heavy atom. The first-order valence-corrected chi connectivity index (χ1v) is 11.0. The molecule has 2 heterocycles. The number of alkyl halides is 3. The number of hydrogen-bond acceptors (Lipinski definition) is 6. The number of carbonyl (C=O) groups is 2. The first-order chi connectivity index (χ1) is 17.7. The summed E-state index contributed by atoms with van der Waals surface area (Å²) in [5, 5.41) is 12.7. The second-order valence-corrected chi connectivity index (χ2v) is 7.89. The minimum Gasteiger partial charge on any atom is -0.484 e. The maximum atomic E-state index is 13.0. The summed E-state index contributed by atoms with van der Waals surface area (Å²) < 4.78 is 47.8. The SMILES string of the molecule is CNC(=O)c1n[nH]c2cc(-c3cnc(OC)c(C(=O)NCc4ccccc4OCC(F)(F)F)c3)ccc12. The summed E-state index contributed by atoms with van der Waals surface area (Å²) in [4.78, 5) is 29.2. The van der Waals surface area contributed by atoms with Crippen LogP contribution in [0.15, 0.2) is 54.7 Å². The van der Waals surface area contributed by atoms with Gasteiger partial charge in [-0.2, -0.15) is 18.3 Å². The first kappa shape index (κ1) is 25.5. The predicted molar refractivity (Wildman–Crippen MR) is 128 cm³/mol. The molecule has 0 saturated heterocycles. The molecule has 2 amide bonds. The lowest BCUT2D eigenvalue weighted by Crippen LogP contribution is -2.25. The lowest BCUT2D eigenvalue weighted by atomic mass is 10.0. The highest BCUT2D eigenvalue weighted by molar-refractivity contribution is 6.05. The van der Waals surface area contributed by atoms with Crippen molar-refractivity contribution in [2.24, 2.45) is 0 Å². The highest BCUT2D eigenvalue weighted by Crippen LogP contribution is 2.28. The second-order valence-electron chi connectivity index (χ2n) is 7.89. The molecule has 0 fully saturated rings. The molecule has 0 atom stereocenters. The number of aromatic nitrogens is 3. The number of nitrogens with one attached hydrogen (secondary N) is 3. The number of pyridine rings is 1. The van der Waals surface area contributed by atoms with E-state index in [1.165, 1.54) is 26.4 Å². The maximum absolute atomic E-state index is 13.0. The van der Waals surface area contributed by atoms with Crippen LogP contribution in [0.25, 0.3) is 22.0 Å². The summed E-state index contributed by atoms with van der Waals surface area (Å²) >= 11 is 0. The van der Waals surface area contributed by atoms with Crippen molar-refractivity contribution in [3.8, 4) is 22.8 Å². The van der Waals surface area contributed by atoms with E-state index in [4.69, 9.17) is 9.47 Å². The van der Waals surface area contributed by atoms with E-state index in [-0.39, 0.29) is 35.3 Å². The smallest absolute Gasteiger partial charge is 0.422 e. The van der Waals surface area contributed by atoms with E-state index in [1.807, 2.05) is 0 Å². The van der Waals surface area contributed by atoms with Crippen molar-refractivity contribution in [3.05, 3.63) is 71.5 Å². The van der Waals surface area contributed by atoms with Crippen molar-refractivity contribution < 1.29 is 32.2 Å². The summed E-state index contributed by atoms with van der Waals surface area (Å²) in [6, 6.07) is 13.0. The van der Waals surface area contributed by atoms with Gasteiger partial charge < -0.3 is 20.1 Å². The van der Waals surface area contributed by atoms with Gasteiger partial charge in [0.1, 0.15) is 11.3 Å². The number of H-pyrrole nitrogens is 1. The van der Waals surface area contributed by atoms with Crippen LogP contribution < -0.4 is 20.1 Å². The zero-order valence-electron chi connectivity index (χ0n) is 19.8. The molecule has 0 spiro atoms. The van der Waals surface area contributed by atoms with E-state index < -0.39 is 18.7 Å². The molecular formula is C25H22F3N5O4. The van der Waals surface area contributed by atoms with Crippen molar-refractivity contribution in [3.63, 3.8) is 0 Å². The fourth-order valence-electron chi connectivity index (χ4n) is 3.65. The van der Waals surface area contributed by atoms with Crippen LogP contribution >= 0.6 is 0 Å². The van der Waals surface area contributed by atoms with Crippen LogP contribution in [0.1, 0.15) is 26.4 Å². The van der Waals surface area contributed by atoms with E-state index in [0.29, 0.717) is 27.6 Å². The molecule has 0 saturated carbocycles. The molecule has 2 aromatic heterocycles. The molecule has 0 aliphatic heterocycles. The molecule has 192 valence electrons. The summed E-state index contributed by atoms with van der Waals surface area (Å²) in [5.41, 5.74) is 2.68. The summed E-state index contributed by atoms with van der Waals surface area (Å²) in [7, 11) is 2.89. The minimum absolute atomic E-state index is 0.0166. The number of ether oxygens (including phenoxy) is 2. The summed E-state index contributed by atoms with van der Waals surface area (Å²) in [5.74, 6) is -0.772. The predicted octanol–water partition coefficient (Wildman–Crippen LogP) is 3.86. The Morgan fingerprint density at radius 3 is 2.57 bits per heavy atom. The van der Waals surface area contributed by atoms with Gasteiger partial charge in [0.25, 0.3) is 11.8 Å². The number of fused-ring (bicyclic) bond motifs is 1. The average Bonchev–Trinajstić information content (AvgIpc) is 3.33. The fraction of sp³-hybridized carbons (Fsp3) is 0.200. The lowest BCUT2D eigenvalue weighted by molar-refractivity contribution is -0.153. The Bertz CT molecular complexity index is 1450. The van der Waals surface area contributed by atoms with Crippen LogP contribution in [0.3, 0.4) is 0 Å². The van der Waals surface area contributed by atoms with Gasteiger partial charge in [0.05, 0.1) is 12.6 Å². The molecule has 3 N–H and O–H groups in total. The number of hydrogen-bond donors (Lipinski definition) is 3. The monoisotopic (exact) mass is 513 g/mol. The quantitative estimate of drug-likeness (QED) is 0.329. The van der Waals surface area contributed by atoms with Gasteiger partial charge in [0.15, 0.2) is 12.3 Å². The van der Waals surface area contributed by atoms with Gasteiger partial charge in [-0.25, -0.2) is 4.98 Å². The number of carbonyl (C=O) groups excluding carboxylic acids is 2. The number of nitrogens with zero attached hydrogens (tertiary/aromatic N) is 2. The molecule has 0 aliphatic carbocycles. The van der Waals surface area contributed by atoms with E-state index in [1.54, 1.807) is 42.5 Å². The molecule has 0 bridgehead atoms. The third-order valence-corrected chi connectivity index (χ3v) is 5.43. The first-order valence-electron chi connectivity index (χ1n) is 11.0. The van der Waals surface area contributed by atoms with Gasteiger partial charge in [-0.15, -0.1) is 0 Å². The van der Waals surface area contributed by atoms with Crippen molar-refractivity contribution in [2.75, 3.05) is 20.8 Å². The molecule has 12 heteroatoms.